The molecule has 1 aliphatic carbocycles. The molecular weight excluding hydrogens is 437 g/mol. The summed E-state index contributed by atoms with van der Waals surface area (Å²) in [6.07, 6.45) is 7.66. The van der Waals surface area contributed by atoms with E-state index in [1.165, 1.54) is 24.0 Å². The van der Waals surface area contributed by atoms with E-state index in [1.54, 1.807) is 0 Å². The first-order chi connectivity index (χ1) is 12.2. The van der Waals surface area contributed by atoms with E-state index in [4.69, 9.17) is 0 Å². The molecule has 0 bridgehead atoms. The highest BCUT2D eigenvalue weighted by Gasteiger charge is 2.40. The van der Waals surface area contributed by atoms with Crippen molar-refractivity contribution in [2.45, 2.75) is 31.2 Å². The second-order valence-electron chi connectivity index (χ2n) is 7.38. The topological polar surface area (TPSA) is 45.5 Å². The molecule has 2 aliphatic rings. The molecule has 1 aliphatic heterocycles. The maximum atomic E-state index is 4.54. The Morgan fingerprint density at radius 2 is 2.12 bits per heavy atom. The largest absolute Gasteiger partial charge is 0.353 e. The van der Waals surface area contributed by atoms with Gasteiger partial charge in [0.15, 0.2) is 5.96 Å². The summed E-state index contributed by atoms with van der Waals surface area (Å²) < 4.78 is 1.89. The molecule has 0 spiro atoms. The van der Waals surface area contributed by atoms with Gasteiger partial charge in [-0.25, -0.2) is 0 Å². The fraction of sp³-hybridized carbons (Fsp3) is 0.500. The molecule has 4 rings (SSSR count). The quantitative estimate of drug-likeness (QED) is 0.429. The van der Waals surface area contributed by atoms with Crippen LogP contribution >= 0.6 is 24.0 Å². The lowest BCUT2D eigenvalue weighted by Crippen LogP contribution is -2.41. The van der Waals surface area contributed by atoms with Crippen molar-refractivity contribution in [1.29, 1.82) is 0 Å². The molecule has 3 atom stereocenters. The van der Waals surface area contributed by atoms with Gasteiger partial charge in [-0.2, -0.15) is 5.10 Å². The number of nitrogens with zero attached hydrogens (tertiary/aromatic N) is 4. The Hall–Kier alpha value is -1.57. The van der Waals surface area contributed by atoms with Gasteiger partial charge in [0.05, 0.1) is 6.20 Å². The Morgan fingerprint density at radius 1 is 1.31 bits per heavy atom. The molecule has 1 aromatic carbocycles. The van der Waals surface area contributed by atoms with E-state index >= 15 is 0 Å². The third-order valence-corrected chi connectivity index (χ3v) is 5.41. The number of aryl methyl sites for hydroxylation is 1. The van der Waals surface area contributed by atoms with Gasteiger partial charge in [0.1, 0.15) is 0 Å². The van der Waals surface area contributed by atoms with Crippen molar-refractivity contribution in [3.63, 3.8) is 0 Å². The molecule has 26 heavy (non-hydrogen) atoms. The van der Waals surface area contributed by atoms with Gasteiger partial charge in [0, 0.05) is 45.3 Å². The molecular formula is C20H28IN5. The van der Waals surface area contributed by atoms with Crippen molar-refractivity contribution < 1.29 is 0 Å². The molecule has 0 amide bonds. The normalized spacial score (nSPS) is 25.1. The number of guanidine groups is 1. The summed E-state index contributed by atoms with van der Waals surface area (Å²) in [5.74, 6) is 2.38. The lowest BCUT2D eigenvalue weighted by molar-refractivity contribution is 0.459. The standard InChI is InChI=1S/C20H27N5.HI/c1-21-20(23-19-11-18(19)17-6-4-3-5-7-17)25-9-8-15(14-25)10-16-12-22-24(2)13-16;/h3-7,12-13,15,18-19H,8-11,14H2,1-2H3,(H,21,23);1H. The minimum Gasteiger partial charge on any atom is -0.353 e. The van der Waals surface area contributed by atoms with E-state index in [2.05, 4.69) is 56.8 Å². The summed E-state index contributed by atoms with van der Waals surface area (Å²) >= 11 is 0. The number of aliphatic imine (C=N–C) groups is 1. The maximum Gasteiger partial charge on any atom is 0.193 e. The molecule has 1 saturated carbocycles. The monoisotopic (exact) mass is 465 g/mol. The minimum absolute atomic E-state index is 0. The maximum absolute atomic E-state index is 4.54. The van der Waals surface area contributed by atoms with Gasteiger partial charge in [-0.15, -0.1) is 24.0 Å². The second-order valence-corrected chi connectivity index (χ2v) is 7.38. The highest BCUT2D eigenvalue weighted by atomic mass is 127. The zero-order valence-corrected chi connectivity index (χ0v) is 17.8. The number of likely N-dealkylation sites (tertiary alicyclic amines) is 1. The zero-order chi connectivity index (χ0) is 17.2. The van der Waals surface area contributed by atoms with Gasteiger partial charge in [0.2, 0.25) is 0 Å². The first kappa shape index (κ1) is 19.2. The number of rotatable bonds is 4. The highest BCUT2D eigenvalue weighted by Crippen LogP contribution is 2.40. The van der Waals surface area contributed by atoms with Crippen molar-refractivity contribution in [1.82, 2.24) is 20.0 Å². The van der Waals surface area contributed by atoms with Gasteiger partial charge in [-0.05, 0) is 36.3 Å². The molecule has 1 aromatic heterocycles. The van der Waals surface area contributed by atoms with Gasteiger partial charge < -0.3 is 10.2 Å². The first-order valence-electron chi connectivity index (χ1n) is 9.23. The molecule has 140 valence electrons. The predicted octanol–water partition coefficient (Wildman–Crippen LogP) is 3.03. The predicted molar refractivity (Wildman–Crippen MR) is 116 cm³/mol. The van der Waals surface area contributed by atoms with Crippen molar-refractivity contribution in [3.05, 3.63) is 53.9 Å². The molecule has 1 saturated heterocycles. The van der Waals surface area contributed by atoms with E-state index in [0.717, 1.165) is 25.5 Å². The molecule has 1 N–H and O–H groups in total. The van der Waals surface area contributed by atoms with E-state index in [-0.39, 0.29) is 24.0 Å². The highest BCUT2D eigenvalue weighted by molar-refractivity contribution is 14.0. The number of benzene rings is 1. The summed E-state index contributed by atoms with van der Waals surface area (Å²) in [6.45, 7) is 2.17. The van der Waals surface area contributed by atoms with E-state index in [1.807, 2.05) is 25.0 Å². The lowest BCUT2D eigenvalue weighted by Gasteiger charge is -2.22. The van der Waals surface area contributed by atoms with Crippen molar-refractivity contribution >= 4 is 29.9 Å². The molecule has 2 heterocycles. The first-order valence-corrected chi connectivity index (χ1v) is 9.23. The Labute approximate surface area is 172 Å². The number of hydrogen-bond donors (Lipinski definition) is 1. The van der Waals surface area contributed by atoms with Crippen LogP contribution in [0, 0.1) is 5.92 Å². The fourth-order valence-electron chi connectivity index (χ4n) is 3.99. The summed E-state index contributed by atoms with van der Waals surface area (Å²) in [5.41, 5.74) is 2.77. The van der Waals surface area contributed by atoms with Crippen LogP contribution in [0.3, 0.4) is 0 Å². The Bertz CT molecular complexity index is 742. The van der Waals surface area contributed by atoms with Gasteiger partial charge in [-0.1, -0.05) is 30.3 Å². The molecule has 0 radical (unpaired) electrons. The zero-order valence-electron chi connectivity index (χ0n) is 15.5. The van der Waals surface area contributed by atoms with Crippen LogP contribution in [0.2, 0.25) is 0 Å². The van der Waals surface area contributed by atoms with Crippen LogP contribution in [0.25, 0.3) is 0 Å². The van der Waals surface area contributed by atoms with Crippen LogP contribution in [0.15, 0.2) is 47.7 Å². The van der Waals surface area contributed by atoms with Crippen molar-refractivity contribution in [2.24, 2.45) is 18.0 Å². The Kier molecular flexibility index (Phi) is 6.21. The van der Waals surface area contributed by atoms with Crippen LogP contribution in [-0.2, 0) is 13.5 Å². The third-order valence-electron chi connectivity index (χ3n) is 5.41. The summed E-state index contributed by atoms with van der Waals surface area (Å²) in [5, 5.41) is 7.96. The molecule has 3 unspecified atom stereocenters. The lowest BCUT2D eigenvalue weighted by atomic mass is 10.0. The minimum atomic E-state index is 0. The van der Waals surface area contributed by atoms with Crippen molar-refractivity contribution in [3.8, 4) is 0 Å². The summed E-state index contributed by atoms with van der Waals surface area (Å²) in [4.78, 5) is 6.96. The number of aromatic nitrogens is 2. The Morgan fingerprint density at radius 3 is 2.81 bits per heavy atom. The van der Waals surface area contributed by atoms with E-state index < -0.39 is 0 Å². The van der Waals surface area contributed by atoms with Crippen LogP contribution in [0.4, 0.5) is 0 Å². The molecule has 5 nitrogen and oxygen atoms in total. The van der Waals surface area contributed by atoms with Crippen molar-refractivity contribution in [2.75, 3.05) is 20.1 Å². The third kappa shape index (κ3) is 4.39. The molecule has 2 aromatic rings. The fourth-order valence-corrected chi connectivity index (χ4v) is 3.99. The molecule has 2 fully saturated rings. The van der Waals surface area contributed by atoms with Crippen LogP contribution < -0.4 is 5.32 Å². The van der Waals surface area contributed by atoms with Gasteiger partial charge >= 0.3 is 0 Å². The SMILES string of the molecule is CN=C(NC1CC1c1ccccc1)N1CCC(Cc2cnn(C)c2)C1.I. The van der Waals surface area contributed by atoms with E-state index in [0.29, 0.717) is 17.9 Å². The average Bonchev–Trinajstić information content (AvgIpc) is 3.04. The van der Waals surface area contributed by atoms with Crippen LogP contribution in [-0.4, -0.2) is 46.8 Å². The number of halogens is 1. The summed E-state index contributed by atoms with van der Waals surface area (Å²) in [6, 6.07) is 11.3. The summed E-state index contributed by atoms with van der Waals surface area (Å²) in [7, 11) is 3.88. The molecule has 6 heteroatoms. The Balaban J connectivity index is 0.00000196. The van der Waals surface area contributed by atoms with E-state index in [9.17, 15) is 0 Å². The smallest absolute Gasteiger partial charge is 0.193 e. The number of nitrogens with one attached hydrogen (secondary N) is 1. The van der Waals surface area contributed by atoms with Gasteiger partial charge in [-0.3, -0.25) is 9.67 Å². The van der Waals surface area contributed by atoms with Crippen LogP contribution in [0.1, 0.15) is 29.9 Å². The number of hydrogen-bond acceptors (Lipinski definition) is 2. The van der Waals surface area contributed by atoms with Gasteiger partial charge in [0.25, 0.3) is 0 Å². The van der Waals surface area contributed by atoms with Crippen LogP contribution in [0.5, 0.6) is 0 Å². The second kappa shape index (κ2) is 8.41. The average molecular weight is 465 g/mol.